The van der Waals surface area contributed by atoms with Gasteiger partial charge in [-0.15, -0.1) is 0 Å². The van der Waals surface area contributed by atoms with Gasteiger partial charge in [-0.3, -0.25) is 4.79 Å². The number of aliphatic hydroxyl groups is 3. The molecule has 0 heterocycles. The largest absolute Gasteiger partial charge is 0.491 e. The number of halogens is 3. The minimum absolute atomic E-state index is 0.00645. The van der Waals surface area contributed by atoms with E-state index in [1.54, 1.807) is 13.1 Å². The molecule has 1 aromatic carbocycles. The van der Waals surface area contributed by atoms with E-state index in [4.69, 9.17) is 4.74 Å². The molecule has 2 rings (SSSR count). The number of hydrogen-bond donors (Lipinski definition) is 4. The fraction of sp³-hybridized carbons (Fsp3) is 0.542. The van der Waals surface area contributed by atoms with Crippen LogP contribution in [0.25, 0.3) is 0 Å². The van der Waals surface area contributed by atoms with Gasteiger partial charge in [0.25, 0.3) is 0 Å². The average Bonchev–Trinajstić information content (AvgIpc) is 3.04. The second-order valence-corrected chi connectivity index (χ2v) is 8.17. The van der Waals surface area contributed by atoms with Gasteiger partial charge in [-0.05, 0) is 43.4 Å². The number of nitrogens with one attached hydrogen (secondary N) is 1. The normalized spacial score (nSPS) is 24.5. The van der Waals surface area contributed by atoms with Crippen molar-refractivity contribution in [2.45, 2.75) is 56.6 Å². The van der Waals surface area contributed by atoms with Gasteiger partial charge in [0.15, 0.2) is 0 Å². The van der Waals surface area contributed by atoms with Crippen LogP contribution in [0.3, 0.4) is 0 Å². The number of allylic oxidation sites excluding steroid dienone is 2. The number of carbonyl (C=O) groups excluding carboxylic acids is 1. The minimum atomic E-state index is -4.48. The number of hydrogen-bond acceptors (Lipinski definition) is 5. The Balaban J connectivity index is 1.86. The summed E-state index contributed by atoms with van der Waals surface area (Å²) in [6.45, 7) is -0.251. The van der Waals surface area contributed by atoms with Gasteiger partial charge in [0, 0.05) is 25.8 Å². The van der Waals surface area contributed by atoms with Crippen LogP contribution in [0.5, 0.6) is 5.75 Å². The van der Waals surface area contributed by atoms with Crippen molar-refractivity contribution in [3.63, 3.8) is 0 Å². The molecule has 1 aliphatic carbocycles. The van der Waals surface area contributed by atoms with Gasteiger partial charge in [0.05, 0.1) is 17.8 Å². The fourth-order valence-electron chi connectivity index (χ4n) is 3.84. The predicted molar refractivity (Wildman–Crippen MR) is 117 cm³/mol. The van der Waals surface area contributed by atoms with Crippen LogP contribution in [0.1, 0.15) is 37.7 Å². The van der Waals surface area contributed by atoms with E-state index in [0.717, 1.165) is 18.6 Å². The lowest BCUT2D eigenvalue weighted by molar-refractivity contribution is -0.137. The van der Waals surface area contributed by atoms with Crippen LogP contribution in [0.15, 0.2) is 48.6 Å². The number of ether oxygens (including phenoxy) is 1. The number of amides is 1. The summed E-state index contributed by atoms with van der Waals surface area (Å²) in [7, 11) is 1.59. The van der Waals surface area contributed by atoms with Gasteiger partial charge in [0.1, 0.15) is 18.5 Å². The Morgan fingerprint density at radius 3 is 2.73 bits per heavy atom. The molecular weight excluding hydrogens is 439 g/mol. The molecule has 6 nitrogen and oxygen atoms in total. The number of alkyl halides is 3. The van der Waals surface area contributed by atoms with E-state index in [1.807, 2.05) is 12.2 Å². The van der Waals surface area contributed by atoms with Crippen LogP contribution in [-0.2, 0) is 11.0 Å². The standard InChI is InChI=1S/C24H32F3NO5/c1-28-23(32)10-5-3-2-4-9-19-20(22(31)14-21(19)30)12-11-17(29)15-33-18-8-6-7-16(13-18)24(25,26)27/h2,4,6-8,11-13,17,19-22,29-31H,3,5,9-10,14-15H2,1H3,(H,28,32)/t17-,19-,20-,21+,22-/m1/s1. The summed E-state index contributed by atoms with van der Waals surface area (Å²) in [4.78, 5) is 11.2. The van der Waals surface area contributed by atoms with Crippen molar-refractivity contribution in [3.8, 4) is 5.75 Å². The molecular formula is C24H32F3NO5. The number of rotatable bonds is 11. The van der Waals surface area contributed by atoms with Crippen molar-refractivity contribution in [2.75, 3.05) is 13.7 Å². The Labute approximate surface area is 191 Å². The van der Waals surface area contributed by atoms with Gasteiger partial charge < -0.3 is 25.4 Å². The number of aliphatic hydroxyl groups excluding tert-OH is 3. The molecule has 1 aliphatic rings. The van der Waals surface area contributed by atoms with Crippen molar-refractivity contribution in [2.24, 2.45) is 11.8 Å². The molecule has 0 aromatic heterocycles. The summed E-state index contributed by atoms with van der Waals surface area (Å²) in [5, 5.41) is 33.3. The number of carbonyl (C=O) groups is 1. The second-order valence-electron chi connectivity index (χ2n) is 8.17. The first-order chi connectivity index (χ1) is 15.6. The van der Waals surface area contributed by atoms with E-state index >= 15 is 0 Å². The molecule has 33 heavy (non-hydrogen) atoms. The lowest BCUT2D eigenvalue weighted by atomic mass is 9.89. The van der Waals surface area contributed by atoms with Crippen LogP contribution >= 0.6 is 0 Å². The predicted octanol–water partition coefficient (Wildman–Crippen LogP) is 3.22. The molecule has 0 spiro atoms. The smallest absolute Gasteiger partial charge is 0.416 e. The van der Waals surface area contributed by atoms with Crippen molar-refractivity contribution in [1.82, 2.24) is 5.32 Å². The SMILES string of the molecule is CNC(=O)CCCC=CC[C@@H]1[C@@H](C=C[C@@H](O)COc2cccc(C(F)(F)F)c2)[C@H](O)C[C@@H]1O. The fourth-order valence-corrected chi connectivity index (χ4v) is 3.84. The topological polar surface area (TPSA) is 99.0 Å². The molecule has 4 N–H and O–H groups in total. The first-order valence-electron chi connectivity index (χ1n) is 11.0. The Bertz CT molecular complexity index is 812. The van der Waals surface area contributed by atoms with Crippen molar-refractivity contribution in [1.29, 1.82) is 0 Å². The van der Waals surface area contributed by atoms with Crippen LogP contribution in [0.2, 0.25) is 0 Å². The first kappa shape index (κ1) is 26.9. The zero-order valence-electron chi connectivity index (χ0n) is 18.5. The van der Waals surface area contributed by atoms with E-state index in [2.05, 4.69) is 5.32 Å². The lowest BCUT2D eigenvalue weighted by Gasteiger charge is -2.19. The van der Waals surface area contributed by atoms with E-state index in [0.29, 0.717) is 19.3 Å². The summed E-state index contributed by atoms with van der Waals surface area (Å²) in [5.41, 5.74) is -0.836. The molecule has 0 bridgehead atoms. The molecule has 0 saturated heterocycles. The zero-order valence-corrected chi connectivity index (χ0v) is 18.5. The van der Waals surface area contributed by atoms with E-state index < -0.39 is 30.1 Å². The molecule has 5 atom stereocenters. The molecule has 0 aliphatic heterocycles. The van der Waals surface area contributed by atoms with Gasteiger partial charge in [-0.2, -0.15) is 13.2 Å². The van der Waals surface area contributed by atoms with Gasteiger partial charge in [-0.1, -0.05) is 30.4 Å². The van der Waals surface area contributed by atoms with E-state index in [9.17, 15) is 33.3 Å². The highest BCUT2D eigenvalue weighted by Crippen LogP contribution is 2.36. The third kappa shape index (κ3) is 8.83. The molecule has 184 valence electrons. The average molecular weight is 472 g/mol. The maximum atomic E-state index is 12.8. The van der Waals surface area contributed by atoms with Crippen molar-refractivity contribution >= 4 is 5.91 Å². The van der Waals surface area contributed by atoms with Crippen molar-refractivity contribution < 1.29 is 38.0 Å². The van der Waals surface area contributed by atoms with Gasteiger partial charge in [-0.25, -0.2) is 0 Å². The summed E-state index contributed by atoms with van der Waals surface area (Å²) in [6, 6.07) is 4.41. The molecule has 9 heteroatoms. The Hall–Kier alpha value is -2.36. The van der Waals surface area contributed by atoms with Gasteiger partial charge in [0.2, 0.25) is 5.91 Å². The Morgan fingerprint density at radius 2 is 2.03 bits per heavy atom. The highest BCUT2D eigenvalue weighted by molar-refractivity contribution is 5.75. The first-order valence-corrected chi connectivity index (χ1v) is 11.0. The highest BCUT2D eigenvalue weighted by atomic mass is 19.4. The summed E-state index contributed by atoms with van der Waals surface area (Å²) in [6.07, 6.45) is 2.53. The van der Waals surface area contributed by atoms with Gasteiger partial charge >= 0.3 is 6.18 Å². The number of unbranched alkanes of at least 4 members (excludes halogenated alkanes) is 1. The molecule has 1 saturated carbocycles. The lowest BCUT2D eigenvalue weighted by Crippen LogP contribution is -2.21. The zero-order chi connectivity index (χ0) is 24.4. The monoisotopic (exact) mass is 471 g/mol. The Morgan fingerprint density at radius 1 is 1.27 bits per heavy atom. The maximum absolute atomic E-state index is 12.8. The quantitative estimate of drug-likeness (QED) is 0.293. The minimum Gasteiger partial charge on any atom is -0.491 e. The summed E-state index contributed by atoms with van der Waals surface area (Å²) in [5.74, 6) is -0.631. The van der Waals surface area contributed by atoms with Crippen molar-refractivity contribution in [3.05, 3.63) is 54.1 Å². The molecule has 0 unspecified atom stereocenters. The second kappa shape index (κ2) is 12.8. The van der Waals surface area contributed by atoms with Crippen LogP contribution in [0, 0.1) is 11.8 Å². The summed E-state index contributed by atoms with van der Waals surface area (Å²) >= 11 is 0. The van der Waals surface area contributed by atoms with Crippen LogP contribution in [0.4, 0.5) is 13.2 Å². The third-order valence-electron chi connectivity index (χ3n) is 5.68. The van der Waals surface area contributed by atoms with Crippen LogP contribution in [-0.4, -0.2) is 53.2 Å². The maximum Gasteiger partial charge on any atom is 0.416 e. The van der Waals surface area contributed by atoms with Crippen LogP contribution < -0.4 is 10.1 Å². The molecule has 1 amide bonds. The summed E-state index contributed by atoms with van der Waals surface area (Å²) < 4.78 is 43.6. The third-order valence-corrected chi connectivity index (χ3v) is 5.68. The van der Waals surface area contributed by atoms with E-state index in [-0.39, 0.29) is 36.5 Å². The molecule has 0 radical (unpaired) electrons. The highest BCUT2D eigenvalue weighted by Gasteiger charge is 2.39. The Kier molecular flexibility index (Phi) is 10.4. The number of benzene rings is 1. The molecule has 1 fully saturated rings. The molecule has 1 aromatic rings. The van der Waals surface area contributed by atoms with E-state index in [1.165, 1.54) is 18.2 Å².